The van der Waals surface area contributed by atoms with Crippen molar-refractivity contribution in [2.75, 3.05) is 13.1 Å². The van der Waals surface area contributed by atoms with E-state index in [2.05, 4.69) is 17.9 Å². The molecule has 2 nitrogen and oxygen atoms in total. The Hall–Kier alpha value is -0.550. The Labute approximate surface area is 75.2 Å². The first-order valence-electron chi connectivity index (χ1n) is 4.70. The maximum absolute atomic E-state index is 8.86. The molecule has 1 heterocycles. The molecule has 1 saturated heterocycles. The van der Waals surface area contributed by atoms with E-state index in [1.165, 1.54) is 19.4 Å². The van der Waals surface area contributed by atoms with Crippen LogP contribution in [0.3, 0.4) is 0 Å². The molecule has 1 atom stereocenters. The smallest absolute Gasteiger partial charge is 0.0697 e. The fourth-order valence-electron chi connectivity index (χ4n) is 1.77. The van der Waals surface area contributed by atoms with Crippen LogP contribution in [0.5, 0.6) is 0 Å². The zero-order valence-corrected chi connectivity index (χ0v) is 8.30. The monoisotopic (exact) mass is 166 g/mol. The van der Waals surface area contributed by atoms with Crippen molar-refractivity contribution in [2.24, 2.45) is 5.41 Å². The summed E-state index contributed by atoms with van der Waals surface area (Å²) in [5.74, 6) is 0. The van der Waals surface area contributed by atoms with Crippen molar-refractivity contribution in [3.63, 3.8) is 0 Å². The molecular weight excluding hydrogens is 148 g/mol. The van der Waals surface area contributed by atoms with Crippen LogP contribution in [0.1, 0.15) is 33.6 Å². The Kier molecular flexibility index (Phi) is 2.74. The normalized spacial score (nSPS) is 25.7. The number of rotatable bonds is 2. The van der Waals surface area contributed by atoms with Crippen LogP contribution >= 0.6 is 0 Å². The third kappa shape index (κ3) is 2.22. The molecular formula is C10H18N2. The summed E-state index contributed by atoms with van der Waals surface area (Å²) in [6.07, 6.45) is 2.59. The lowest BCUT2D eigenvalue weighted by molar-refractivity contribution is 0.208. The molecule has 0 aromatic rings. The minimum absolute atomic E-state index is 0.182. The molecule has 1 rings (SSSR count). The molecule has 0 aromatic heterocycles. The SMILES string of the molecule is CC1CCCN1CC(C)(C)C#N. The topological polar surface area (TPSA) is 27.0 Å². The summed E-state index contributed by atoms with van der Waals surface area (Å²) in [7, 11) is 0. The van der Waals surface area contributed by atoms with Gasteiger partial charge in [0.1, 0.15) is 0 Å². The van der Waals surface area contributed by atoms with E-state index in [4.69, 9.17) is 5.26 Å². The number of hydrogen-bond acceptors (Lipinski definition) is 2. The van der Waals surface area contributed by atoms with Crippen LogP contribution in [-0.4, -0.2) is 24.0 Å². The lowest BCUT2D eigenvalue weighted by atomic mass is 9.95. The first kappa shape index (κ1) is 9.54. The molecule has 0 saturated carbocycles. The zero-order valence-electron chi connectivity index (χ0n) is 8.30. The summed E-state index contributed by atoms with van der Waals surface area (Å²) in [5.41, 5.74) is -0.182. The van der Waals surface area contributed by atoms with Gasteiger partial charge in [0.15, 0.2) is 0 Å². The molecule has 68 valence electrons. The van der Waals surface area contributed by atoms with E-state index in [1.807, 2.05) is 13.8 Å². The van der Waals surface area contributed by atoms with Crippen molar-refractivity contribution < 1.29 is 0 Å². The Morgan fingerprint density at radius 1 is 1.58 bits per heavy atom. The van der Waals surface area contributed by atoms with Gasteiger partial charge >= 0.3 is 0 Å². The summed E-state index contributed by atoms with van der Waals surface area (Å²) in [4.78, 5) is 2.42. The summed E-state index contributed by atoms with van der Waals surface area (Å²) in [6, 6.07) is 3.03. The highest BCUT2D eigenvalue weighted by atomic mass is 15.2. The lowest BCUT2D eigenvalue weighted by Crippen LogP contribution is -2.35. The molecule has 0 bridgehead atoms. The minimum atomic E-state index is -0.182. The van der Waals surface area contributed by atoms with Gasteiger partial charge in [-0.15, -0.1) is 0 Å². The molecule has 0 amide bonds. The molecule has 0 spiro atoms. The fourth-order valence-corrected chi connectivity index (χ4v) is 1.77. The Bertz CT molecular complexity index is 191. The lowest BCUT2D eigenvalue weighted by Gasteiger charge is -2.27. The fraction of sp³-hybridized carbons (Fsp3) is 0.900. The van der Waals surface area contributed by atoms with E-state index in [9.17, 15) is 0 Å². The molecule has 2 heteroatoms. The maximum atomic E-state index is 8.86. The average molecular weight is 166 g/mol. The van der Waals surface area contributed by atoms with Crippen LogP contribution in [0.2, 0.25) is 0 Å². The predicted molar refractivity (Wildman–Crippen MR) is 49.7 cm³/mol. The first-order chi connectivity index (χ1) is 5.55. The number of nitriles is 1. The van der Waals surface area contributed by atoms with Gasteiger partial charge in [-0.3, -0.25) is 4.90 Å². The molecule has 0 radical (unpaired) electrons. The summed E-state index contributed by atoms with van der Waals surface area (Å²) in [5, 5.41) is 8.86. The van der Waals surface area contributed by atoms with Crippen molar-refractivity contribution >= 4 is 0 Å². The summed E-state index contributed by atoms with van der Waals surface area (Å²) < 4.78 is 0. The highest BCUT2D eigenvalue weighted by Crippen LogP contribution is 2.22. The van der Waals surface area contributed by atoms with Crippen molar-refractivity contribution in [3.05, 3.63) is 0 Å². The van der Waals surface area contributed by atoms with E-state index in [0.29, 0.717) is 6.04 Å². The van der Waals surface area contributed by atoms with Crippen LogP contribution in [0.15, 0.2) is 0 Å². The van der Waals surface area contributed by atoms with E-state index >= 15 is 0 Å². The third-order valence-corrected chi connectivity index (χ3v) is 2.59. The van der Waals surface area contributed by atoms with Crippen molar-refractivity contribution in [3.8, 4) is 6.07 Å². The first-order valence-corrected chi connectivity index (χ1v) is 4.70. The predicted octanol–water partition coefficient (Wildman–Crippen LogP) is 2.02. The number of hydrogen-bond donors (Lipinski definition) is 0. The number of nitrogens with zero attached hydrogens (tertiary/aromatic N) is 2. The zero-order chi connectivity index (χ0) is 9.19. The van der Waals surface area contributed by atoms with Crippen molar-refractivity contribution in [1.82, 2.24) is 4.90 Å². The molecule has 1 unspecified atom stereocenters. The second-order valence-corrected chi connectivity index (χ2v) is 4.46. The van der Waals surface area contributed by atoms with Gasteiger partial charge < -0.3 is 0 Å². The molecule has 1 fully saturated rings. The summed E-state index contributed by atoms with van der Waals surface area (Å²) in [6.45, 7) is 8.37. The van der Waals surface area contributed by atoms with E-state index < -0.39 is 0 Å². The molecule has 0 aliphatic carbocycles. The van der Waals surface area contributed by atoms with Gasteiger partial charge in [-0.1, -0.05) is 0 Å². The largest absolute Gasteiger partial charge is 0.299 e. The van der Waals surface area contributed by atoms with E-state index in [-0.39, 0.29) is 5.41 Å². The Morgan fingerprint density at radius 3 is 2.67 bits per heavy atom. The van der Waals surface area contributed by atoms with Gasteiger partial charge in [-0.2, -0.15) is 5.26 Å². The van der Waals surface area contributed by atoms with E-state index in [0.717, 1.165) is 6.54 Å². The van der Waals surface area contributed by atoms with Crippen LogP contribution < -0.4 is 0 Å². The van der Waals surface area contributed by atoms with Gasteiger partial charge in [-0.05, 0) is 40.2 Å². The Morgan fingerprint density at radius 2 is 2.25 bits per heavy atom. The van der Waals surface area contributed by atoms with Crippen LogP contribution in [0.4, 0.5) is 0 Å². The van der Waals surface area contributed by atoms with Gasteiger partial charge in [0.05, 0.1) is 11.5 Å². The van der Waals surface area contributed by atoms with Crippen LogP contribution in [-0.2, 0) is 0 Å². The highest BCUT2D eigenvalue weighted by molar-refractivity contribution is 4.95. The standard InChI is InChI=1S/C10H18N2/c1-9-5-4-6-12(9)8-10(2,3)7-11/h9H,4-6,8H2,1-3H3. The second kappa shape index (κ2) is 3.45. The Balaban J connectivity index is 2.46. The molecule has 1 aliphatic heterocycles. The van der Waals surface area contributed by atoms with Crippen LogP contribution in [0, 0.1) is 16.7 Å². The van der Waals surface area contributed by atoms with Crippen molar-refractivity contribution in [1.29, 1.82) is 5.26 Å². The highest BCUT2D eigenvalue weighted by Gasteiger charge is 2.27. The van der Waals surface area contributed by atoms with Gasteiger partial charge in [0.25, 0.3) is 0 Å². The van der Waals surface area contributed by atoms with Gasteiger partial charge in [-0.25, -0.2) is 0 Å². The molecule has 0 aromatic carbocycles. The average Bonchev–Trinajstić information content (AvgIpc) is 2.36. The maximum Gasteiger partial charge on any atom is 0.0697 e. The van der Waals surface area contributed by atoms with E-state index in [1.54, 1.807) is 0 Å². The molecule has 1 aliphatic rings. The number of likely N-dealkylation sites (tertiary alicyclic amines) is 1. The third-order valence-electron chi connectivity index (χ3n) is 2.59. The molecule has 0 N–H and O–H groups in total. The quantitative estimate of drug-likeness (QED) is 0.627. The van der Waals surface area contributed by atoms with Gasteiger partial charge in [0.2, 0.25) is 0 Å². The van der Waals surface area contributed by atoms with Crippen molar-refractivity contribution in [2.45, 2.75) is 39.7 Å². The van der Waals surface area contributed by atoms with Gasteiger partial charge in [0, 0.05) is 12.6 Å². The summed E-state index contributed by atoms with van der Waals surface area (Å²) >= 11 is 0. The molecule has 12 heavy (non-hydrogen) atoms. The van der Waals surface area contributed by atoms with Crippen LogP contribution in [0.25, 0.3) is 0 Å². The minimum Gasteiger partial charge on any atom is -0.299 e. The second-order valence-electron chi connectivity index (χ2n) is 4.46.